The first kappa shape index (κ1) is 19.7. The fraction of sp³-hybridized carbons (Fsp3) is 0.0952. The molecule has 3 aromatic carbocycles. The van der Waals surface area contributed by atoms with E-state index in [0.29, 0.717) is 21.3 Å². The Morgan fingerprint density at radius 2 is 1.67 bits per heavy atom. The number of carbonyl (C=O) groups excluding carboxylic acids is 1. The zero-order valence-electron chi connectivity index (χ0n) is 14.2. The monoisotopic (exact) mass is 419 g/mol. The van der Waals surface area contributed by atoms with Gasteiger partial charge in [0.25, 0.3) is 0 Å². The molecular weight excluding hydrogens is 404 g/mol. The molecular formula is C21H16Cl2FNOS. The molecule has 0 aliphatic carbocycles. The summed E-state index contributed by atoms with van der Waals surface area (Å²) in [5, 5.41) is 3.87. The number of para-hydroxylation sites is 1. The third-order valence-corrected chi connectivity index (χ3v) is 5.47. The van der Waals surface area contributed by atoms with Gasteiger partial charge in [-0.2, -0.15) is 0 Å². The minimum Gasteiger partial charge on any atom is -0.325 e. The van der Waals surface area contributed by atoms with Crippen molar-refractivity contribution in [2.75, 3.05) is 5.32 Å². The molecule has 138 valence electrons. The summed E-state index contributed by atoms with van der Waals surface area (Å²) in [6.07, 6.45) is -0.0564. The van der Waals surface area contributed by atoms with Crippen LogP contribution in [-0.2, 0) is 17.0 Å². The van der Waals surface area contributed by atoms with Crippen LogP contribution in [0.15, 0.2) is 71.6 Å². The molecule has 0 bridgehead atoms. The van der Waals surface area contributed by atoms with Crippen LogP contribution in [0.4, 0.5) is 10.1 Å². The second kappa shape index (κ2) is 9.27. The summed E-state index contributed by atoms with van der Waals surface area (Å²) < 4.78 is 13.9. The molecule has 1 amide bonds. The Hall–Kier alpha value is -2.01. The molecule has 0 heterocycles. The molecule has 0 unspecified atom stereocenters. The largest absolute Gasteiger partial charge is 0.325 e. The highest BCUT2D eigenvalue weighted by atomic mass is 35.5. The fourth-order valence-electron chi connectivity index (χ4n) is 2.47. The van der Waals surface area contributed by atoms with E-state index < -0.39 is 5.82 Å². The number of anilines is 1. The summed E-state index contributed by atoms with van der Waals surface area (Å²) in [5.74, 6) is -0.0191. The molecule has 3 aromatic rings. The molecule has 0 aliphatic rings. The maximum atomic E-state index is 13.9. The van der Waals surface area contributed by atoms with Crippen LogP contribution in [0, 0.1) is 5.82 Å². The summed E-state index contributed by atoms with van der Waals surface area (Å²) in [4.78, 5) is 13.3. The van der Waals surface area contributed by atoms with Crippen molar-refractivity contribution in [1.29, 1.82) is 0 Å². The highest BCUT2D eigenvalue weighted by Crippen LogP contribution is 2.30. The maximum absolute atomic E-state index is 13.9. The van der Waals surface area contributed by atoms with Crippen LogP contribution >= 0.6 is 35.0 Å². The predicted octanol–water partition coefficient (Wildman–Crippen LogP) is 6.61. The highest BCUT2D eigenvalue weighted by molar-refractivity contribution is 7.98. The molecule has 0 radical (unpaired) electrons. The van der Waals surface area contributed by atoms with Gasteiger partial charge < -0.3 is 5.32 Å². The Balaban J connectivity index is 1.66. The lowest BCUT2D eigenvalue weighted by Gasteiger charge is -2.11. The van der Waals surface area contributed by atoms with Crippen LogP contribution in [-0.4, -0.2) is 5.91 Å². The van der Waals surface area contributed by atoms with Crippen LogP contribution < -0.4 is 5.32 Å². The van der Waals surface area contributed by atoms with E-state index in [2.05, 4.69) is 5.32 Å². The number of rotatable bonds is 6. The van der Waals surface area contributed by atoms with Gasteiger partial charge in [-0.25, -0.2) is 4.39 Å². The first-order chi connectivity index (χ1) is 13.0. The van der Waals surface area contributed by atoms with Crippen molar-refractivity contribution >= 4 is 46.6 Å². The normalized spacial score (nSPS) is 10.6. The number of hydrogen-bond donors (Lipinski definition) is 1. The van der Waals surface area contributed by atoms with Gasteiger partial charge in [-0.15, -0.1) is 11.8 Å². The Morgan fingerprint density at radius 1 is 0.963 bits per heavy atom. The molecule has 0 atom stereocenters. The number of carbonyl (C=O) groups is 1. The quantitative estimate of drug-likeness (QED) is 0.455. The van der Waals surface area contributed by atoms with Crippen LogP contribution in [0.5, 0.6) is 0 Å². The zero-order valence-corrected chi connectivity index (χ0v) is 16.5. The predicted molar refractivity (Wildman–Crippen MR) is 111 cm³/mol. The lowest BCUT2D eigenvalue weighted by molar-refractivity contribution is -0.115. The van der Waals surface area contributed by atoms with Gasteiger partial charge in [0.05, 0.1) is 12.1 Å². The van der Waals surface area contributed by atoms with E-state index in [4.69, 9.17) is 23.2 Å². The first-order valence-corrected chi connectivity index (χ1v) is 9.95. The zero-order chi connectivity index (χ0) is 19.2. The topological polar surface area (TPSA) is 29.1 Å². The van der Waals surface area contributed by atoms with Crippen molar-refractivity contribution in [3.63, 3.8) is 0 Å². The van der Waals surface area contributed by atoms with Gasteiger partial charge in [-0.3, -0.25) is 4.79 Å². The van der Waals surface area contributed by atoms with Crippen LogP contribution in [0.2, 0.25) is 10.0 Å². The average Bonchev–Trinajstić information content (AvgIpc) is 2.65. The smallest absolute Gasteiger partial charge is 0.228 e. The van der Waals surface area contributed by atoms with Crippen LogP contribution in [0.25, 0.3) is 0 Å². The van der Waals surface area contributed by atoms with Gasteiger partial charge in [0, 0.05) is 20.7 Å². The second-order valence-electron chi connectivity index (χ2n) is 5.87. The van der Waals surface area contributed by atoms with Gasteiger partial charge in [0.15, 0.2) is 0 Å². The summed E-state index contributed by atoms with van der Waals surface area (Å²) in [6.45, 7) is 0. The van der Waals surface area contributed by atoms with Crippen molar-refractivity contribution in [3.05, 3.63) is 93.7 Å². The summed E-state index contributed by atoms with van der Waals surface area (Å²) >= 11 is 13.3. The van der Waals surface area contributed by atoms with Crippen molar-refractivity contribution in [1.82, 2.24) is 0 Å². The summed E-state index contributed by atoms with van der Waals surface area (Å²) in [7, 11) is 0. The Bertz CT molecular complexity index is 947. The number of amides is 1. The van der Waals surface area contributed by atoms with Gasteiger partial charge in [0.2, 0.25) is 5.91 Å². The van der Waals surface area contributed by atoms with Crippen molar-refractivity contribution in [2.45, 2.75) is 17.1 Å². The van der Waals surface area contributed by atoms with Crippen molar-refractivity contribution in [2.24, 2.45) is 0 Å². The Kier molecular flexibility index (Phi) is 6.78. The molecule has 1 N–H and O–H groups in total. The van der Waals surface area contributed by atoms with Crippen molar-refractivity contribution in [3.8, 4) is 0 Å². The number of nitrogens with one attached hydrogen (secondary N) is 1. The molecule has 0 aromatic heterocycles. The van der Waals surface area contributed by atoms with Crippen LogP contribution in [0.3, 0.4) is 0 Å². The van der Waals surface area contributed by atoms with E-state index in [1.807, 2.05) is 48.5 Å². The molecule has 6 heteroatoms. The standard InChI is InChI=1S/C21H16Cl2FNOS/c22-16-8-5-14(6-9-16)13-27-20-4-2-1-3-19(20)25-21(26)11-15-7-10-17(23)12-18(15)24/h1-10,12H,11,13H2,(H,25,26). The van der Waals surface area contributed by atoms with Crippen LogP contribution in [0.1, 0.15) is 11.1 Å². The Morgan fingerprint density at radius 3 is 2.41 bits per heavy atom. The fourth-order valence-corrected chi connectivity index (χ4v) is 3.72. The minimum absolute atomic E-state index is 0.0564. The molecule has 3 rings (SSSR count). The molecule has 0 saturated heterocycles. The third-order valence-electron chi connectivity index (χ3n) is 3.83. The Labute approximate surface area is 171 Å². The highest BCUT2D eigenvalue weighted by Gasteiger charge is 2.11. The van der Waals surface area contributed by atoms with Gasteiger partial charge in [0.1, 0.15) is 5.82 Å². The van der Waals surface area contributed by atoms with E-state index in [9.17, 15) is 9.18 Å². The van der Waals surface area contributed by atoms with Gasteiger partial charge in [-0.1, -0.05) is 53.5 Å². The number of halogens is 3. The number of thioether (sulfide) groups is 1. The SMILES string of the molecule is O=C(Cc1ccc(Cl)cc1F)Nc1ccccc1SCc1ccc(Cl)cc1. The van der Waals surface area contributed by atoms with E-state index in [-0.39, 0.29) is 12.3 Å². The average molecular weight is 420 g/mol. The number of hydrogen-bond acceptors (Lipinski definition) is 2. The van der Waals surface area contributed by atoms with E-state index in [0.717, 1.165) is 16.2 Å². The number of benzene rings is 3. The third kappa shape index (κ3) is 5.73. The van der Waals surface area contributed by atoms with Crippen molar-refractivity contribution < 1.29 is 9.18 Å². The van der Waals surface area contributed by atoms with E-state index in [1.54, 1.807) is 17.8 Å². The molecule has 2 nitrogen and oxygen atoms in total. The molecule has 0 saturated carbocycles. The second-order valence-corrected chi connectivity index (χ2v) is 7.76. The lowest BCUT2D eigenvalue weighted by atomic mass is 10.1. The summed E-state index contributed by atoms with van der Waals surface area (Å²) in [6, 6.07) is 19.5. The minimum atomic E-state index is -0.483. The van der Waals surface area contributed by atoms with E-state index in [1.165, 1.54) is 12.1 Å². The molecule has 0 spiro atoms. The van der Waals surface area contributed by atoms with E-state index >= 15 is 0 Å². The molecule has 27 heavy (non-hydrogen) atoms. The lowest BCUT2D eigenvalue weighted by Crippen LogP contribution is -2.15. The molecule has 0 aliphatic heterocycles. The van der Waals surface area contributed by atoms with Gasteiger partial charge in [-0.05, 0) is 47.5 Å². The van der Waals surface area contributed by atoms with Gasteiger partial charge >= 0.3 is 0 Å². The molecule has 0 fully saturated rings. The maximum Gasteiger partial charge on any atom is 0.228 e. The first-order valence-electron chi connectivity index (χ1n) is 8.21. The summed E-state index contributed by atoms with van der Waals surface area (Å²) in [5.41, 5.74) is 2.15.